The number of thioether (sulfide) groups is 1. The van der Waals surface area contributed by atoms with Crippen LogP contribution in [0.4, 0.5) is 0 Å². The van der Waals surface area contributed by atoms with Gasteiger partial charge < -0.3 is 14.4 Å². The summed E-state index contributed by atoms with van der Waals surface area (Å²) in [6, 6.07) is 24.9. The number of nitrogens with zero attached hydrogens (tertiary/aromatic N) is 1. The summed E-state index contributed by atoms with van der Waals surface area (Å²) in [5.41, 5.74) is 3.42. The minimum absolute atomic E-state index is 0.0221. The van der Waals surface area contributed by atoms with E-state index in [1.165, 1.54) is 0 Å². The topological polar surface area (TPSA) is 55.8 Å². The summed E-state index contributed by atoms with van der Waals surface area (Å²) in [4.78, 5) is 27.9. The number of esters is 1. The molecule has 3 aromatic carbocycles. The molecule has 0 saturated carbocycles. The number of carbonyl (C=O) groups is 2. The molecule has 0 aliphatic carbocycles. The second kappa shape index (κ2) is 10.4. The molecule has 6 heteroatoms. The van der Waals surface area contributed by atoms with E-state index in [1.54, 1.807) is 37.9 Å². The molecule has 1 unspecified atom stereocenters. The van der Waals surface area contributed by atoms with Crippen LogP contribution in [0.25, 0.3) is 6.08 Å². The Bertz CT molecular complexity index is 1160. The molecule has 168 valence electrons. The lowest BCUT2D eigenvalue weighted by Gasteiger charge is -2.24. The lowest BCUT2D eigenvalue weighted by molar-refractivity contribution is -0.126. The second-order valence-corrected chi connectivity index (χ2v) is 8.64. The van der Waals surface area contributed by atoms with Crippen molar-refractivity contribution in [2.45, 2.75) is 18.8 Å². The average Bonchev–Trinajstić information content (AvgIpc) is 3.15. The van der Waals surface area contributed by atoms with E-state index in [9.17, 15) is 9.59 Å². The van der Waals surface area contributed by atoms with Gasteiger partial charge in [-0.3, -0.25) is 4.79 Å². The third kappa shape index (κ3) is 5.29. The van der Waals surface area contributed by atoms with Gasteiger partial charge in [-0.2, -0.15) is 0 Å². The SMILES string of the molecule is CCOC(=O)c1ccc(CN2C(=O)/C(=C/c3cccc(OC)c3)SC2c2ccccc2)cc1. The van der Waals surface area contributed by atoms with Crippen LogP contribution in [-0.2, 0) is 16.1 Å². The molecule has 0 aromatic heterocycles. The zero-order chi connectivity index (χ0) is 23.2. The molecule has 0 bridgehead atoms. The molecule has 1 amide bonds. The van der Waals surface area contributed by atoms with Crippen LogP contribution >= 0.6 is 11.8 Å². The Hall–Kier alpha value is -3.51. The molecule has 0 N–H and O–H groups in total. The predicted octanol–water partition coefficient (Wildman–Crippen LogP) is 5.69. The van der Waals surface area contributed by atoms with E-state index < -0.39 is 0 Å². The summed E-state index contributed by atoms with van der Waals surface area (Å²) in [5, 5.41) is -0.139. The molecule has 1 saturated heterocycles. The van der Waals surface area contributed by atoms with Crippen molar-refractivity contribution in [1.29, 1.82) is 0 Å². The van der Waals surface area contributed by atoms with Gasteiger partial charge >= 0.3 is 5.97 Å². The average molecular weight is 460 g/mol. The van der Waals surface area contributed by atoms with Crippen molar-refractivity contribution >= 4 is 29.7 Å². The standard InChI is InChI=1S/C27H25NO4S/c1-3-32-27(30)22-14-12-19(13-15-22)18-28-25(29)24(17-20-8-7-11-23(16-20)31-2)33-26(28)21-9-5-4-6-10-21/h4-17,26H,3,18H2,1-2H3/b24-17-. The van der Waals surface area contributed by atoms with Gasteiger partial charge in [0.15, 0.2) is 0 Å². The molecule has 4 rings (SSSR count). The van der Waals surface area contributed by atoms with E-state index in [1.807, 2.05) is 77.7 Å². The quantitative estimate of drug-likeness (QED) is 0.336. The Kier molecular flexibility index (Phi) is 7.15. The first-order valence-corrected chi connectivity index (χ1v) is 11.6. The summed E-state index contributed by atoms with van der Waals surface area (Å²) in [5.74, 6) is 0.381. The van der Waals surface area contributed by atoms with Crippen LogP contribution in [0.2, 0.25) is 0 Å². The van der Waals surface area contributed by atoms with E-state index >= 15 is 0 Å². The van der Waals surface area contributed by atoms with E-state index in [0.29, 0.717) is 23.6 Å². The van der Waals surface area contributed by atoms with Crippen molar-refractivity contribution in [2.24, 2.45) is 0 Å². The highest BCUT2D eigenvalue weighted by molar-refractivity contribution is 8.04. The Labute approximate surface area is 198 Å². The van der Waals surface area contributed by atoms with Crippen molar-refractivity contribution in [3.05, 3.63) is 106 Å². The highest BCUT2D eigenvalue weighted by atomic mass is 32.2. The maximum absolute atomic E-state index is 13.4. The van der Waals surface area contributed by atoms with Crippen LogP contribution in [0.5, 0.6) is 5.75 Å². The number of amides is 1. The number of carbonyl (C=O) groups excluding carboxylic acids is 2. The first kappa shape index (κ1) is 22.7. The lowest BCUT2D eigenvalue weighted by Crippen LogP contribution is -2.27. The van der Waals surface area contributed by atoms with E-state index in [0.717, 1.165) is 22.4 Å². The number of benzene rings is 3. The van der Waals surface area contributed by atoms with Gasteiger partial charge in [0.2, 0.25) is 0 Å². The monoisotopic (exact) mass is 459 g/mol. The van der Waals surface area contributed by atoms with Crippen LogP contribution in [0.1, 0.15) is 39.3 Å². The molecule has 1 aliphatic rings. The lowest BCUT2D eigenvalue weighted by atomic mass is 10.1. The van der Waals surface area contributed by atoms with Crippen molar-refractivity contribution in [3.8, 4) is 5.75 Å². The van der Waals surface area contributed by atoms with Crippen molar-refractivity contribution in [3.63, 3.8) is 0 Å². The van der Waals surface area contributed by atoms with Crippen LogP contribution in [0.15, 0.2) is 83.8 Å². The van der Waals surface area contributed by atoms with Gasteiger partial charge in [0.25, 0.3) is 5.91 Å². The van der Waals surface area contributed by atoms with Gasteiger partial charge in [0.1, 0.15) is 11.1 Å². The minimum Gasteiger partial charge on any atom is -0.497 e. The molecule has 0 radical (unpaired) electrons. The molecular weight excluding hydrogens is 434 g/mol. The summed E-state index contributed by atoms with van der Waals surface area (Å²) in [6.07, 6.45) is 1.91. The Morgan fingerprint density at radius 3 is 2.48 bits per heavy atom. The van der Waals surface area contributed by atoms with Gasteiger partial charge in [-0.1, -0.05) is 66.4 Å². The second-order valence-electron chi connectivity index (χ2n) is 7.52. The van der Waals surface area contributed by atoms with Gasteiger partial charge in [0, 0.05) is 6.54 Å². The Balaban J connectivity index is 1.62. The van der Waals surface area contributed by atoms with Crippen LogP contribution in [-0.4, -0.2) is 30.5 Å². The van der Waals surface area contributed by atoms with E-state index in [2.05, 4.69) is 0 Å². The van der Waals surface area contributed by atoms with Gasteiger partial charge in [-0.25, -0.2) is 4.79 Å². The van der Waals surface area contributed by atoms with E-state index in [4.69, 9.17) is 9.47 Å². The Morgan fingerprint density at radius 1 is 1.03 bits per heavy atom. The third-order valence-electron chi connectivity index (χ3n) is 5.29. The molecule has 33 heavy (non-hydrogen) atoms. The van der Waals surface area contributed by atoms with Gasteiger partial charge in [-0.15, -0.1) is 0 Å². The largest absolute Gasteiger partial charge is 0.497 e. The molecule has 1 atom stereocenters. The van der Waals surface area contributed by atoms with Gasteiger partial charge in [-0.05, 0) is 54.0 Å². The fraction of sp³-hybridized carbons (Fsp3) is 0.185. The van der Waals surface area contributed by atoms with Crippen LogP contribution in [0.3, 0.4) is 0 Å². The summed E-state index contributed by atoms with van der Waals surface area (Å²) in [6.45, 7) is 2.55. The third-order valence-corrected chi connectivity index (χ3v) is 6.58. The van der Waals surface area contributed by atoms with Crippen molar-refractivity contribution in [1.82, 2.24) is 4.90 Å². The van der Waals surface area contributed by atoms with Crippen molar-refractivity contribution < 1.29 is 19.1 Å². The Morgan fingerprint density at radius 2 is 1.79 bits per heavy atom. The van der Waals surface area contributed by atoms with Crippen LogP contribution in [0, 0.1) is 0 Å². The highest BCUT2D eigenvalue weighted by Gasteiger charge is 2.37. The molecule has 3 aromatic rings. The number of ether oxygens (including phenoxy) is 2. The number of hydrogen-bond donors (Lipinski definition) is 0. The molecule has 1 heterocycles. The summed E-state index contributed by atoms with van der Waals surface area (Å²) < 4.78 is 10.4. The number of hydrogen-bond acceptors (Lipinski definition) is 5. The summed E-state index contributed by atoms with van der Waals surface area (Å²) >= 11 is 1.54. The molecular formula is C27H25NO4S. The molecule has 5 nitrogen and oxygen atoms in total. The molecule has 0 spiro atoms. The van der Waals surface area contributed by atoms with Crippen molar-refractivity contribution in [2.75, 3.05) is 13.7 Å². The number of methoxy groups -OCH3 is 1. The zero-order valence-electron chi connectivity index (χ0n) is 18.6. The number of rotatable bonds is 7. The smallest absolute Gasteiger partial charge is 0.338 e. The first-order chi connectivity index (χ1) is 16.1. The van der Waals surface area contributed by atoms with Crippen LogP contribution < -0.4 is 4.74 Å². The predicted molar refractivity (Wildman–Crippen MR) is 131 cm³/mol. The maximum atomic E-state index is 13.4. The normalized spacial score (nSPS) is 16.8. The fourth-order valence-electron chi connectivity index (χ4n) is 3.64. The van der Waals surface area contributed by atoms with Gasteiger partial charge in [0.05, 0.1) is 24.2 Å². The fourth-order valence-corrected chi connectivity index (χ4v) is 4.89. The zero-order valence-corrected chi connectivity index (χ0v) is 19.4. The molecule has 1 fully saturated rings. The summed E-state index contributed by atoms with van der Waals surface area (Å²) in [7, 11) is 1.63. The maximum Gasteiger partial charge on any atom is 0.338 e. The minimum atomic E-state index is -0.345. The molecule has 1 aliphatic heterocycles. The van der Waals surface area contributed by atoms with E-state index in [-0.39, 0.29) is 17.3 Å². The first-order valence-electron chi connectivity index (χ1n) is 10.7. The highest BCUT2D eigenvalue weighted by Crippen LogP contribution is 2.46.